The fourth-order valence-corrected chi connectivity index (χ4v) is 19.6. The minimum Gasteiger partial charge on any atom is -0.456 e. The van der Waals surface area contributed by atoms with E-state index >= 15 is 0 Å². The van der Waals surface area contributed by atoms with E-state index in [0.29, 0.717) is 39.7 Å². The molecule has 602 valence electrons. The average Bonchev–Trinajstić information content (AvgIpc) is 0.887. The maximum Gasteiger partial charge on any atom is 0.252 e. The molecule has 16 aromatic carbocycles. The Kier molecular flexibility index (Phi) is 14.0. The zero-order chi connectivity index (χ0) is 96.2. The third-order valence-corrected chi connectivity index (χ3v) is 25.9. The molecular formula is C117H95BN6O. The number of nitrogens with zero attached hydrogens (tertiary/aromatic N) is 6. The Balaban J connectivity index is 0.884. The monoisotopic (exact) mass is 1620 g/mol. The molecule has 0 aliphatic carbocycles. The molecular weight excluding hydrogens is 1520 g/mol. The topological polar surface area (TPSA) is 47.3 Å². The molecule has 0 spiro atoms. The number of anilines is 6. The lowest BCUT2D eigenvalue weighted by molar-refractivity contribution is 0.590. The highest BCUT2D eigenvalue weighted by Crippen LogP contribution is 2.53. The Hall–Kier alpha value is -14.5. The second-order valence-corrected chi connectivity index (χ2v) is 37.8. The van der Waals surface area contributed by atoms with Gasteiger partial charge in [0.2, 0.25) is 0 Å². The van der Waals surface area contributed by atoms with E-state index in [-0.39, 0.29) is 49.3 Å². The second kappa shape index (κ2) is 28.0. The number of hydrogen-bond donors (Lipinski definition) is 0. The van der Waals surface area contributed by atoms with Gasteiger partial charge in [0.1, 0.15) is 17.0 Å². The average molecular weight is 1620 g/mol. The van der Waals surface area contributed by atoms with Crippen molar-refractivity contribution in [1.82, 2.24) is 18.7 Å². The number of furan rings is 1. The van der Waals surface area contributed by atoms with Crippen molar-refractivity contribution in [2.45, 2.75) is 105 Å². The molecule has 0 N–H and O–H groups in total. The standard InChI is InChI=1S/C117H95BN6O/c1-114(2,3)80-47-51-89-90-52-48-81(115(4,5)6)65-103(90)121(102(89)64-80)86-69-96(119-110(71-86)124-101-57-58-109-112(92-41-27-30-44-108(92)125-109)111(101)91-53-49-82(66-104(91)124)116(7,8)9)77-46-56-100-95(63-77)118-94-54-50-84(120-97-42-28-25-39-87(97)88-40-26-29-43-98(88)120)70-105(94)122(85-60-78(73-33-19-14-20-34-73)59-79(61-85)74-35-21-15-22-36-74)106-67-83(117(10,11)12)68-107(113(106)118)123(100)99-55-45-76(72-31-17-13-18-32-72)62-93(99)75-37-23-16-24-38-75/h13-71H,1-12H3/i14D,19D,20D,25D,26D,28D,29D,33D,34D,39D,40D,42D,43D. The molecule has 5 aromatic heterocycles. The van der Waals surface area contributed by atoms with Gasteiger partial charge >= 0.3 is 0 Å². The quantitative estimate of drug-likeness (QED) is 0.128. The lowest BCUT2D eigenvalue weighted by atomic mass is 9.33. The van der Waals surface area contributed by atoms with Gasteiger partial charge in [0.05, 0.1) is 68.0 Å². The van der Waals surface area contributed by atoms with Crippen LogP contribution in [0.25, 0.3) is 160 Å². The first kappa shape index (κ1) is 62.6. The molecule has 7 heterocycles. The molecule has 7 nitrogen and oxygen atoms in total. The van der Waals surface area contributed by atoms with Gasteiger partial charge in [-0.3, -0.25) is 4.57 Å². The molecule has 0 saturated heterocycles. The van der Waals surface area contributed by atoms with Crippen molar-refractivity contribution in [3.05, 3.63) is 380 Å². The third kappa shape index (κ3) is 12.3. The van der Waals surface area contributed by atoms with Crippen LogP contribution < -0.4 is 26.2 Å². The predicted molar refractivity (Wildman–Crippen MR) is 531 cm³/mol. The van der Waals surface area contributed by atoms with E-state index < -0.39 is 90.7 Å². The normalized spacial score (nSPS) is 14.5. The molecule has 0 amide bonds. The summed E-state index contributed by atoms with van der Waals surface area (Å²) >= 11 is 0. The number of hydrogen-bond acceptors (Lipinski definition) is 4. The van der Waals surface area contributed by atoms with Gasteiger partial charge in [-0.1, -0.05) is 319 Å². The summed E-state index contributed by atoms with van der Waals surface area (Å²) < 4.78 is 137. The Morgan fingerprint density at radius 2 is 0.816 bits per heavy atom. The Labute approximate surface area is 748 Å². The summed E-state index contributed by atoms with van der Waals surface area (Å²) in [7, 11) is 0. The van der Waals surface area contributed by atoms with Gasteiger partial charge in [-0.05, 0) is 220 Å². The number of pyridine rings is 1. The number of aromatic nitrogens is 4. The highest BCUT2D eigenvalue weighted by Gasteiger charge is 2.46. The molecule has 0 atom stereocenters. The molecule has 2 aliphatic heterocycles. The van der Waals surface area contributed by atoms with Crippen LogP contribution >= 0.6 is 0 Å². The van der Waals surface area contributed by atoms with E-state index in [2.05, 4.69) is 296 Å². The first-order valence-corrected chi connectivity index (χ1v) is 43.0. The van der Waals surface area contributed by atoms with E-state index in [0.717, 1.165) is 149 Å². The molecule has 23 rings (SSSR count). The first-order chi connectivity index (χ1) is 65.9. The van der Waals surface area contributed by atoms with Gasteiger partial charge in [-0.15, -0.1) is 0 Å². The van der Waals surface area contributed by atoms with Crippen molar-refractivity contribution in [1.29, 1.82) is 0 Å². The highest BCUT2D eigenvalue weighted by molar-refractivity contribution is 7.00. The van der Waals surface area contributed by atoms with Gasteiger partial charge in [-0.25, -0.2) is 4.98 Å². The van der Waals surface area contributed by atoms with E-state index in [1.165, 1.54) is 11.1 Å². The number of benzene rings is 16. The molecule has 0 saturated carbocycles. The maximum atomic E-state index is 9.98. The minimum atomic E-state index is -0.739. The summed E-state index contributed by atoms with van der Waals surface area (Å²) in [5, 5.41) is 6.10. The summed E-state index contributed by atoms with van der Waals surface area (Å²) in [6.45, 7) is 26.2. The predicted octanol–water partition coefficient (Wildman–Crippen LogP) is 29.9. The summed E-state index contributed by atoms with van der Waals surface area (Å²) in [4.78, 5) is 10.8. The minimum absolute atomic E-state index is 0.0251. The highest BCUT2D eigenvalue weighted by atomic mass is 16.3. The van der Waals surface area contributed by atoms with Crippen LogP contribution in [0.5, 0.6) is 0 Å². The molecule has 21 aromatic rings. The molecule has 0 bridgehead atoms. The lowest BCUT2D eigenvalue weighted by Crippen LogP contribution is -2.61. The fraction of sp³-hybridized carbons (Fsp3) is 0.137. The van der Waals surface area contributed by atoms with Crippen molar-refractivity contribution in [2.24, 2.45) is 0 Å². The fourth-order valence-electron chi connectivity index (χ4n) is 19.6. The van der Waals surface area contributed by atoms with E-state index in [9.17, 15) is 16.4 Å². The van der Waals surface area contributed by atoms with Crippen LogP contribution in [0.15, 0.2) is 362 Å². The summed E-state index contributed by atoms with van der Waals surface area (Å²) in [5.41, 5.74) is 23.4. The van der Waals surface area contributed by atoms with Crippen molar-refractivity contribution in [3.8, 4) is 73.0 Å². The van der Waals surface area contributed by atoms with Crippen LogP contribution in [0.1, 0.15) is 123 Å². The van der Waals surface area contributed by atoms with E-state index in [1.807, 2.05) is 84.9 Å². The molecule has 0 fully saturated rings. The smallest absolute Gasteiger partial charge is 0.252 e. The van der Waals surface area contributed by atoms with Crippen molar-refractivity contribution < 1.29 is 22.2 Å². The molecule has 8 heteroatoms. The van der Waals surface area contributed by atoms with Crippen LogP contribution in [-0.4, -0.2) is 25.4 Å². The van der Waals surface area contributed by atoms with Crippen molar-refractivity contribution in [3.63, 3.8) is 0 Å². The van der Waals surface area contributed by atoms with Crippen LogP contribution in [0, 0.1) is 0 Å². The molecule has 2 aliphatic rings. The Bertz CT molecular complexity index is 8700. The van der Waals surface area contributed by atoms with Gasteiger partial charge < -0.3 is 23.4 Å². The van der Waals surface area contributed by atoms with Gasteiger partial charge in [0.25, 0.3) is 6.71 Å². The van der Waals surface area contributed by atoms with E-state index in [4.69, 9.17) is 10.8 Å². The Morgan fingerprint density at radius 1 is 0.280 bits per heavy atom. The summed E-state index contributed by atoms with van der Waals surface area (Å²) in [5.74, 6) is 0.661. The maximum absolute atomic E-state index is 9.98. The van der Waals surface area contributed by atoms with Gasteiger partial charge in [0, 0.05) is 88.8 Å². The zero-order valence-corrected chi connectivity index (χ0v) is 71.7. The summed E-state index contributed by atoms with van der Waals surface area (Å²) in [6, 6.07) is 91.7. The number of fused-ring (bicyclic) bond motifs is 17. The molecule has 0 radical (unpaired) electrons. The first-order valence-electron chi connectivity index (χ1n) is 49.5. The lowest BCUT2D eigenvalue weighted by Gasteiger charge is -2.45. The second-order valence-electron chi connectivity index (χ2n) is 37.8. The van der Waals surface area contributed by atoms with Gasteiger partial charge in [0.15, 0.2) is 0 Å². The van der Waals surface area contributed by atoms with Crippen molar-refractivity contribution in [2.75, 3.05) is 9.80 Å². The van der Waals surface area contributed by atoms with Gasteiger partial charge in [-0.2, -0.15) is 0 Å². The summed E-state index contributed by atoms with van der Waals surface area (Å²) in [6.07, 6.45) is 0. The Morgan fingerprint density at radius 3 is 1.45 bits per heavy atom. The van der Waals surface area contributed by atoms with Crippen LogP contribution in [0.3, 0.4) is 0 Å². The number of rotatable bonds is 10. The number of para-hydroxylation sites is 3. The third-order valence-electron chi connectivity index (χ3n) is 25.9. The molecule has 0 unspecified atom stereocenters. The zero-order valence-electron chi connectivity index (χ0n) is 84.7. The van der Waals surface area contributed by atoms with Crippen LogP contribution in [-0.2, 0) is 21.7 Å². The van der Waals surface area contributed by atoms with Crippen LogP contribution in [0.4, 0.5) is 34.1 Å². The van der Waals surface area contributed by atoms with E-state index in [1.54, 1.807) is 4.57 Å². The molecule has 125 heavy (non-hydrogen) atoms. The SMILES string of the molecule is [2H]c1c([2H])c([2H])c(-c2cc(-c3ccccc3)cc(N3c4cc(-n5c6c([2H])c([2H])c([2H])c([2H])c6c6c([2H])c([2H])c([2H])c([2H])c65)ccc4B4c5cc(-c6cc(-n7c8cc(C(C)(C)C)ccc8c8ccc(C(C)(C)C)cc87)cc(-n7c8cc(C(C)(C)C)ccc8c8c9c(ccc87)oc7ccccc79)n6)ccc5N(c5ccc(-c6ccccc6)cc5-c5ccccc5)c5cc(C(C)(C)C)cc3c54)c2)c([2H])c1[2H]. The van der Waals surface area contributed by atoms with Crippen LogP contribution in [0.2, 0.25) is 0 Å². The largest absolute Gasteiger partial charge is 0.456 e. The van der Waals surface area contributed by atoms with Crippen molar-refractivity contribution >= 4 is 145 Å².